The van der Waals surface area contributed by atoms with E-state index in [-0.39, 0.29) is 13.2 Å². The predicted octanol–water partition coefficient (Wildman–Crippen LogP) is 1.70. The molecule has 1 aromatic carbocycles. The lowest BCUT2D eigenvalue weighted by molar-refractivity contribution is 0.343. The van der Waals surface area contributed by atoms with Gasteiger partial charge in [0.1, 0.15) is 0 Å². The predicted molar refractivity (Wildman–Crippen MR) is 58.7 cm³/mol. The van der Waals surface area contributed by atoms with Gasteiger partial charge in [0.15, 0.2) is 0 Å². The van der Waals surface area contributed by atoms with Crippen molar-refractivity contribution >= 4 is 12.2 Å². The first-order valence-corrected chi connectivity index (χ1v) is 4.51. The Balaban J connectivity index is 2.68. The van der Waals surface area contributed by atoms with Crippen molar-refractivity contribution in [3.63, 3.8) is 0 Å². The van der Waals surface area contributed by atoms with E-state index in [9.17, 15) is 0 Å². The number of rotatable bonds is 4. The second-order valence-electron chi connectivity index (χ2n) is 2.84. The van der Waals surface area contributed by atoms with E-state index >= 15 is 0 Å². The molecule has 14 heavy (non-hydrogen) atoms. The lowest BCUT2D eigenvalue weighted by atomic mass is 10.1. The Kier molecular flexibility index (Phi) is 4.69. The third-order valence-corrected chi connectivity index (χ3v) is 1.77. The summed E-state index contributed by atoms with van der Waals surface area (Å²) >= 11 is 0. The zero-order valence-electron chi connectivity index (χ0n) is 7.93. The molecule has 0 aliphatic heterocycles. The van der Waals surface area contributed by atoms with Crippen LogP contribution in [0.1, 0.15) is 11.1 Å². The Hall–Kier alpha value is -1.38. The van der Waals surface area contributed by atoms with Gasteiger partial charge in [-0.05, 0) is 11.1 Å². The molecule has 0 fully saturated rings. The Morgan fingerprint density at radius 2 is 1.14 bits per heavy atom. The van der Waals surface area contributed by atoms with Crippen LogP contribution in [0.2, 0.25) is 0 Å². The molecule has 0 unspecified atom stereocenters. The van der Waals surface area contributed by atoms with Crippen molar-refractivity contribution < 1.29 is 10.2 Å². The van der Waals surface area contributed by atoms with Crippen LogP contribution in [0.25, 0.3) is 12.2 Å². The van der Waals surface area contributed by atoms with Gasteiger partial charge in [-0.1, -0.05) is 48.6 Å². The third kappa shape index (κ3) is 3.56. The van der Waals surface area contributed by atoms with E-state index < -0.39 is 0 Å². The Labute approximate surface area is 83.8 Å². The standard InChI is InChI=1S/C12H14O2/c13-9-1-3-11-5-7-12(8-6-11)4-2-10-14/h1-8,13-14H,9-10H2/b3-1+,4-2+. The fraction of sp³-hybridized carbons (Fsp3) is 0.167. The molecular formula is C12H14O2. The molecule has 0 amide bonds. The molecule has 0 heterocycles. The number of aliphatic hydroxyl groups is 2. The molecule has 0 aliphatic rings. The van der Waals surface area contributed by atoms with E-state index in [0.717, 1.165) is 11.1 Å². The minimum absolute atomic E-state index is 0.0617. The average Bonchev–Trinajstić information content (AvgIpc) is 2.25. The maximum absolute atomic E-state index is 8.57. The molecule has 0 spiro atoms. The molecule has 0 aromatic heterocycles. The second kappa shape index (κ2) is 6.13. The van der Waals surface area contributed by atoms with E-state index in [4.69, 9.17) is 10.2 Å². The van der Waals surface area contributed by atoms with Gasteiger partial charge in [-0.3, -0.25) is 0 Å². The summed E-state index contributed by atoms with van der Waals surface area (Å²) in [6.45, 7) is 0.123. The summed E-state index contributed by atoms with van der Waals surface area (Å²) < 4.78 is 0. The Morgan fingerprint density at radius 3 is 1.43 bits per heavy atom. The van der Waals surface area contributed by atoms with Crippen molar-refractivity contribution in [2.75, 3.05) is 13.2 Å². The van der Waals surface area contributed by atoms with Crippen LogP contribution in [0.5, 0.6) is 0 Å². The van der Waals surface area contributed by atoms with Gasteiger partial charge in [0.05, 0.1) is 13.2 Å². The molecule has 1 rings (SSSR count). The second-order valence-corrected chi connectivity index (χ2v) is 2.84. The van der Waals surface area contributed by atoms with Crippen molar-refractivity contribution in [1.29, 1.82) is 0 Å². The third-order valence-electron chi connectivity index (χ3n) is 1.77. The van der Waals surface area contributed by atoms with Crippen LogP contribution < -0.4 is 0 Å². The quantitative estimate of drug-likeness (QED) is 0.758. The molecule has 2 nitrogen and oxygen atoms in total. The first-order valence-electron chi connectivity index (χ1n) is 4.51. The fourth-order valence-electron chi connectivity index (χ4n) is 1.10. The lowest BCUT2D eigenvalue weighted by Crippen LogP contribution is -1.77. The van der Waals surface area contributed by atoms with Crippen LogP contribution in [-0.2, 0) is 0 Å². The molecule has 0 saturated carbocycles. The van der Waals surface area contributed by atoms with Crippen molar-refractivity contribution in [3.05, 3.63) is 47.5 Å². The van der Waals surface area contributed by atoms with Gasteiger partial charge >= 0.3 is 0 Å². The zero-order valence-corrected chi connectivity index (χ0v) is 7.93. The number of benzene rings is 1. The summed E-state index contributed by atoms with van der Waals surface area (Å²) in [6, 6.07) is 7.85. The Morgan fingerprint density at radius 1 is 0.786 bits per heavy atom. The molecule has 74 valence electrons. The summed E-state index contributed by atoms with van der Waals surface area (Å²) in [5.74, 6) is 0. The van der Waals surface area contributed by atoms with Crippen molar-refractivity contribution in [2.24, 2.45) is 0 Å². The highest BCUT2D eigenvalue weighted by Crippen LogP contribution is 2.07. The molecular weight excluding hydrogens is 176 g/mol. The van der Waals surface area contributed by atoms with Crippen LogP contribution in [0.15, 0.2) is 36.4 Å². The molecule has 0 radical (unpaired) electrons. The fourth-order valence-corrected chi connectivity index (χ4v) is 1.10. The van der Waals surface area contributed by atoms with Gasteiger partial charge in [-0.15, -0.1) is 0 Å². The maximum Gasteiger partial charge on any atom is 0.0615 e. The largest absolute Gasteiger partial charge is 0.392 e. The van der Waals surface area contributed by atoms with E-state index in [0.29, 0.717) is 0 Å². The average molecular weight is 190 g/mol. The van der Waals surface area contributed by atoms with Crippen LogP contribution in [0.3, 0.4) is 0 Å². The molecule has 2 heteroatoms. The highest BCUT2D eigenvalue weighted by atomic mass is 16.3. The van der Waals surface area contributed by atoms with Crippen LogP contribution in [-0.4, -0.2) is 23.4 Å². The van der Waals surface area contributed by atoms with Gasteiger partial charge in [-0.2, -0.15) is 0 Å². The Bertz CT molecular complexity index is 277. The van der Waals surface area contributed by atoms with Crippen molar-refractivity contribution in [3.8, 4) is 0 Å². The molecule has 2 N–H and O–H groups in total. The molecule has 0 atom stereocenters. The van der Waals surface area contributed by atoms with Crippen LogP contribution in [0.4, 0.5) is 0 Å². The summed E-state index contributed by atoms with van der Waals surface area (Å²) in [6.07, 6.45) is 7.11. The molecule has 0 bridgehead atoms. The maximum atomic E-state index is 8.57. The summed E-state index contributed by atoms with van der Waals surface area (Å²) in [5, 5.41) is 17.1. The highest BCUT2D eigenvalue weighted by Gasteiger charge is 1.87. The minimum Gasteiger partial charge on any atom is -0.392 e. The van der Waals surface area contributed by atoms with E-state index in [1.807, 2.05) is 36.4 Å². The van der Waals surface area contributed by atoms with Gasteiger partial charge in [0.25, 0.3) is 0 Å². The normalized spacial score (nSPS) is 11.6. The molecule has 0 saturated heterocycles. The molecule has 1 aromatic rings. The van der Waals surface area contributed by atoms with E-state index in [1.165, 1.54) is 0 Å². The number of aliphatic hydroxyl groups excluding tert-OH is 2. The van der Waals surface area contributed by atoms with Crippen molar-refractivity contribution in [2.45, 2.75) is 0 Å². The first-order chi connectivity index (χ1) is 6.86. The van der Waals surface area contributed by atoms with E-state index in [2.05, 4.69) is 0 Å². The van der Waals surface area contributed by atoms with Crippen LogP contribution in [0, 0.1) is 0 Å². The zero-order chi connectivity index (χ0) is 10.2. The van der Waals surface area contributed by atoms with Crippen LogP contribution >= 0.6 is 0 Å². The summed E-state index contributed by atoms with van der Waals surface area (Å²) in [4.78, 5) is 0. The van der Waals surface area contributed by atoms with Crippen molar-refractivity contribution in [1.82, 2.24) is 0 Å². The van der Waals surface area contributed by atoms with Gasteiger partial charge < -0.3 is 10.2 Å². The van der Waals surface area contributed by atoms with E-state index in [1.54, 1.807) is 12.2 Å². The monoisotopic (exact) mass is 190 g/mol. The highest BCUT2D eigenvalue weighted by molar-refractivity contribution is 5.55. The molecule has 0 aliphatic carbocycles. The number of hydrogen-bond acceptors (Lipinski definition) is 2. The minimum atomic E-state index is 0.0617. The first kappa shape index (κ1) is 10.7. The smallest absolute Gasteiger partial charge is 0.0615 e. The lowest BCUT2D eigenvalue weighted by Gasteiger charge is -1.95. The van der Waals surface area contributed by atoms with Gasteiger partial charge in [0, 0.05) is 0 Å². The topological polar surface area (TPSA) is 40.5 Å². The summed E-state index contributed by atoms with van der Waals surface area (Å²) in [7, 11) is 0. The van der Waals surface area contributed by atoms with Gasteiger partial charge in [0.2, 0.25) is 0 Å². The summed E-state index contributed by atoms with van der Waals surface area (Å²) in [5.41, 5.74) is 2.11. The SMILES string of the molecule is OC/C=C/c1ccc(/C=C/CO)cc1. The number of hydrogen-bond donors (Lipinski definition) is 2. The van der Waals surface area contributed by atoms with Gasteiger partial charge in [-0.25, -0.2) is 0 Å².